The molecule has 6 aromatic carbocycles. The van der Waals surface area contributed by atoms with Crippen molar-refractivity contribution in [3.63, 3.8) is 0 Å². The van der Waals surface area contributed by atoms with Crippen LogP contribution in [0, 0.1) is 0 Å². The van der Waals surface area contributed by atoms with Crippen molar-refractivity contribution >= 4 is 86.4 Å². The summed E-state index contributed by atoms with van der Waals surface area (Å²) in [7, 11) is 1.63. The van der Waals surface area contributed by atoms with Crippen molar-refractivity contribution in [2.45, 2.75) is 276 Å². The number of nitrogens with zero attached hydrogens (tertiary/aromatic N) is 5. The van der Waals surface area contributed by atoms with Gasteiger partial charge in [0.2, 0.25) is 12.9 Å². The highest BCUT2D eigenvalue weighted by molar-refractivity contribution is 7.82. The Hall–Kier alpha value is -9.02. The van der Waals surface area contributed by atoms with E-state index in [1.165, 1.54) is 245 Å². The highest BCUT2D eigenvalue weighted by Gasteiger charge is 2.43. The fraction of sp³-hybridized carbons (Fsp3) is 0.540. The van der Waals surface area contributed by atoms with Crippen molar-refractivity contribution in [3.8, 4) is 40.2 Å². The number of halogens is 4. The number of para-hydroxylation sites is 2. The molecule has 0 spiro atoms. The number of alkyl halides is 4. The zero-order chi connectivity index (χ0) is 83.2. The van der Waals surface area contributed by atoms with Gasteiger partial charge in [-0.15, -0.1) is 0 Å². The maximum atomic E-state index is 13.6. The number of fused-ring (bicyclic) bond motifs is 1. The Balaban J connectivity index is 0.000000305. The highest BCUT2D eigenvalue weighted by Crippen LogP contribution is 2.33. The zero-order valence-electron chi connectivity index (χ0n) is 68.2. The summed E-state index contributed by atoms with van der Waals surface area (Å²) in [5, 5.41) is 37.4. The molecular weight excluding hydrogens is 1550 g/mol. The minimum atomic E-state index is -2.69. The Bertz CT molecular complexity index is 3820. The van der Waals surface area contributed by atoms with Crippen LogP contribution in [0.15, 0.2) is 155 Å². The molecule has 116 heavy (non-hydrogen) atoms. The van der Waals surface area contributed by atoms with Crippen LogP contribution in [-0.4, -0.2) is 98.7 Å². The number of aliphatic imine (C=N–C) groups is 1. The molecule has 0 saturated carbocycles. The normalized spacial score (nSPS) is 15.5. The standard InChI is InChI=1S/C42H64N2O7S2.C39H52FN5O3.C5H8N4O2.CHClF2/c1-3-5-7-9-11-13-15-17-19-21-33-48-37-24-28-39(29-25-37)50-52(46)43-36-23-32-42(45)41(35-36)44-53(47)51-40-30-26-38(27-31-40)49-34-22-20-18-16-14-12-10-8-6-4-2;1-2-3-4-5-6-7-8-9-10-11-12-13-14-15-16-19-31-22-24-32(25-23-31)41-38-37(43-42-33-26-28-34(46)29-27-33)39(47)45(44-38)35-20-17-18-21-36(35)48-30-40;1-9-3-2(7-5(9)11)6-4(10)8-3;2-1(3)4/h23-32,35,43-45H,3-22,33-34H2,1-2H3;17-18,20-29,37,46H,2-16,19,30H2,1H3,(H,41,44);2-3H,1H3,(H,7,11)(H2,6,8,10);1H. The number of aromatic hydroxyl groups is 2. The number of anilines is 3. The Labute approximate surface area is 695 Å². The van der Waals surface area contributed by atoms with Crippen LogP contribution in [0.3, 0.4) is 0 Å². The molecule has 3 saturated heterocycles. The first-order valence-electron chi connectivity index (χ1n) is 41.8. The molecule has 3 aliphatic rings. The van der Waals surface area contributed by atoms with E-state index in [2.05, 4.69) is 85.6 Å². The third kappa shape index (κ3) is 39.3. The van der Waals surface area contributed by atoms with Crippen LogP contribution < -0.4 is 58.4 Å². The molecule has 9 rings (SSSR count). The molecule has 29 heteroatoms. The highest BCUT2D eigenvalue weighted by atomic mass is 35.5. The Morgan fingerprint density at radius 1 is 0.517 bits per heavy atom. The number of hydrazine groups is 1. The molecule has 0 aliphatic carbocycles. The summed E-state index contributed by atoms with van der Waals surface area (Å²) >= 11 is -0.00175. The summed E-state index contributed by atoms with van der Waals surface area (Å²) in [5.41, 5.74) is 6.29. The number of urea groups is 2. The van der Waals surface area contributed by atoms with Gasteiger partial charge in [0.1, 0.15) is 58.3 Å². The molecule has 5 atom stereocenters. The van der Waals surface area contributed by atoms with E-state index in [0.29, 0.717) is 47.5 Å². The number of phenols is 2. The number of amides is 5. The van der Waals surface area contributed by atoms with Gasteiger partial charge in [-0.3, -0.25) is 19.7 Å². The van der Waals surface area contributed by atoms with Crippen molar-refractivity contribution in [1.82, 2.24) is 26.3 Å². The first-order chi connectivity index (χ1) is 56.5. The molecule has 0 radical (unpaired) electrons. The Morgan fingerprint density at radius 2 is 0.957 bits per heavy atom. The number of nitrogens with one attached hydrogen (secondary N) is 6. The summed E-state index contributed by atoms with van der Waals surface area (Å²) in [6.07, 6.45) is 46.4. The van der Waals surface area contributed by atoms with E-state index in [-0.39, 0.29) is 53.2 Å². The second kappa shape index (κ2) is 57.9. The lowest BCUT2D eigenvalue weighted by Gasteiger charge is -2.18. The monoisotopic (exact) mass is 1670 g/mol. The number of ether oxygens (including phenoxy) is 3. The van der Waals surface area contributed by atoms with Crippen molar-refractivity contribution in [2.24, 2.45) is 15.2 Å². The lowest BCUT2D eigenvalue weighted by molar-refractivity contribution is -0.117. The first-order valence-corrected chi connectivity index (χ1v) is 44.4. The molecule has 6 aromatic rings. The fourth-order valence-corrected chi connectivity index (χ4v) is 14.3. The Morgan fingerprint density at radius 3 is 1.43 bits per heavy atom. The topological polar surface area (TPSA) is 288 Å². The number of hydrogen-bond donors (Lipinski definition) is 8. The van der Waals surface area contributed by atoms with E-state index in [1.807, 2.05) is 12.1 Å². The van der Waals surface area contributed by atoms with Gasteiger partial charge in [0, 0.05) is 7.05 Å². The van der Waals surface area contributed by atoms with E-state index in [9.17, 15) is 46.2 Å². The number of azo groups is 1. The number of amidine groups is 1. The third-order valence-corrected chi connectivity index (χ3v) is 20.9. The van der Waals surface area contributed by atoms with Crippen molar-refractivity contribution in [2.75, 3.05) is 41.6 Å². The van der Waals surface area contributed by atoms with Gasteiger partial charge >= 0.3 is 40.5 Å². The average Bonchev–Trinajstić information content (AvgIpc) is 1.65. The number of carbonyl (C=O) groups is 3. The van der Waals surface area contributed by atoms with Gasteiger partial charge in [-0.25, -0.2) is 24.0 Å². The number of aryl methyl sites for hydroxylation is 1. The average molecular weight is 1670 g/mol. The van der Waals surface area contributed by atoms with Gasteiger partial charge in [0.25, 0.3) is 5.91 Å². The molecular formula is C87H125ClF3N11O12S2. The predicted molar refractivity (Wildman–Crippen MR) is 460 cm³/mol. The van der Waals surface area contributed by atoms with Crippen LogP contribution in [0.2, 0.25) is 0 Å². The van der Waals surface area contributed by atoms with Gasteiger partial charge in [0.15, 0.2) is 5.84 Å². The summed E-state index contributed by atoms with van der Waals surface area (Å²) in [4.78, 5) is 41.3. The summed E-state index contributed by atoms with van der Waals surface area (Å²) in [5.74, 6) is -0.438. The van der Waals surface area contributed by atoms with Crippen LogP contribution in [-0.2, 0) is 33.7 Å². The van der Waals surface area contributed by atoms with E-state index >= 15 is 0 Å². The number of unbranched alkanes of at least 4 members (excludes halogenated alkanes) is 32. The molecule has 0 aromatic heterocycles. The maximum Gasteiger partial charge on any atom is 0.320 e. The van der Waals surface area contributed by atoms with Gasteiger partial charge in [-0.05, 0) is 147 Å². The molecule has 23 nitrogen and oxygen atoms in total. The van der Waals surface area contributed by atoms with Crippen molar-refractivity contribution in [3.05, 3.63) is 145 Å². The minimum absolute atomic E-state index is 0.105. The first kappa shape index (κ1) is 95.8. The van der Waals surface area contributed by atoms with Crippen molar-refractivity contribution < 1.29 is 68.8 Å². The number of rotatable bonds is 54. The molecule has 5 unspecified atom stereocenters. The van der Waals surface area contributed by atoms with Crippen molar-refractivity contribution in [1.29, 1.82) is 0 Å². The van der Waals surface area contributed by atoms with Gasteiger partial charge in [-0.2, -0.15) is 27.4 Å². The predicted octanol–water partition coefficient (Wildman–Crippen LogP) is 23.0. The number of hydrogen-bond acceptors (Lipinski definition) is 15. The smallest absolute Gasteiger partial charge is 0.320 e. The summed E-state index contributed by atoms with van der Waals surface area (Å²) < 4.78 is 91.8. The van der Waals surface area contributed by atoms with Gasteiger partial charge in [-0.1, -0.05) is 262 Å². The largest absolute Gasteiger partial charge is 0.508 e. The van der Waals surface area contributed by atoms with Crippen LogP contribution in [0.5, 0.6) is 40.2 Å². The maximum absolute atomic E-state index is 13.6. The molecule has 3 fully saturated rings. The summed E-state index contributed by atoms with van der Waals surface area (Å²) in [6, 6.07) is 37.7. The lowest BCUT2D eigenvalue weighted by atomic mass is 10.0. The molecule has 8 N–H and O–H groups in total. The van der Waals surface area contributed by atoms with E-state index in [1.54, 1.807) is 92.0 Å². The Kier molecular flexibility index (Phi) is 47.9. The zero-order valence-corrected chi connectivity index (χ0v) is 70.6. The third-order valence-electron chi connectivity index (χ3n) is 19.5. The molecule has 5 amide bonds. The van der Waals surface area contributed by atoms with E-state index in [4.69, 9.17) is 27.6 Å². The quantitative estimate of drug-likeness (QED) is 0.00580. The van der Waals surface area contributed by atoms with Crippen LogP contribution in [0.25, 0.3) is 0 Å². The number of benzene rings is 6. The molecule has 3 heterocycles. The van der Waals surface area contributed by atoms with Crippen LogP contribution in [0.4, 0.5) is 51.2 Å². The molecule has 640 valence electrons. The second-order valence-corrected chi connectivity index (χ2v) is 30.9. The number of carbonyl (C=O) groups excluding carboxylic acids is 3. The number of likely N-dealkylation sites (N-methyl/N-ethyl adjacent to an activating group) is 1. The minimum Gasteiger partial charge on any atom is -0.508 e. The van der Waals surface area contributed by atoms with Crippen LogP contribution in [0.1, 0.15) is 251 Å². The number of phenolic OH excluding ortho intramolecular Hbond substituents is 2. The van der Waals surface area contributed by atoms with Crippen LogP contribution >= 0.6 is 11.6 Å². The SMILES string of the molecule is CCCCCCCCCCCCCCCCCc1ccc(N=C2NN(c3ccccc3OCF)C(=O)C2N=Nc2ccc(O)cc2)cc1.CCCCCCCCCCCCOc1ccc(OS(=O)Nc2ccc(O)c(NS(=O)Oc3ccc(OCCCCCCCCCCCC)cc3)c2)cc1.CN1C(=O)NC2NC(=O)NC21.FC(F)Cl. The van der Waals surface area contributed by atoms with E-state index < -0.39 is 47.2 Å². The van der Waals surface area contributed by atoms with Gasteiger partial charge < -0.3 is 53.6 Å². The van der Waals surface area contributed by atoms with Gasteiger partial charge in [0.05, 0.1) is 36.0 Å². The summed E-state index contributed by atoms with van der Waals surface area (Å²) in [6.45, 7) is 7.06. The molecule has 0 bridgehead atoms. The molecule has 3 aliphatic heterocycles. The fourth-order valence-electron chi connectivity index (χ4n) is 13.0. The van der Waals surface area contributed by atoms with E-state index in [0.717, 1.165) is 43.6 Å². The lowest BCUT2D eigenvalue weighted by Crippen LogP contribution is -2.40. The second-order valence-electron chi connectivity index (χ2n) is 28.9.